The van der Waals surface area contributed by atoms with E-state index in [0.717, 1.165) is 29.0 Å². The molecule has 0 bridgehead atoms. The van der Waals surface area contributed by atoms with Gasteiger partial charge in [-0.15, -0.1) is 0 Å². The molecule has 0 aliphatic rings. The summed E-state index contributed by atoms with van der Waals surface area (Å²) in [6, 6.07) is 12.8. The Hall–Kier alpha value is -2.04. The lowest BCUT2D eigenvalue weighted by atomic mass is 9.83. The van der Waals surface area contributed by atoms with Crippen LogP contribution in [0.15, 0.2) is 36.4 Å². The minimum atomic E-state index is -0.0934. The van der Waals surface area contributed by atoms with E-state index in [1.165, 1.54) is 11.1 Å². The predicted molar refractivity (Wildman–Crippen MR) is 132 cm³/mol. The number of hydrogen-bond donors (Lipinski definition) is 0. The SMILES string of the molecule is CCC(C)c1ccc(OCCOc2c(C(C)OC)cc(C(C)(C)C)cc2C(C)OC)cc1. The highest BCUT2D eigenvalue weighted by Gasteiger charge is 2.24. The molecule has 3 atom stereocenters. The first-order valence-corrected chi connectivity index (χ1v) is 11.7. The molecule has 0 fully saturated rings. The summed E-state index contributed by atoms with van der Waals surface area (Å²) in [6.07, 6.45) is 0.945. The molecule has 2 aromatic rings. The Balaban J connectivity index is 2.20. The average Bonchev–Trinajstić information content (AvgIpc) is 2.79. The number of ether oxygens (including phenoxy) is 4. The molecule has 2 rings (SSSR count). The van der Waals surface area contributed by atoms with Crippen LogP contribution in [0.4, 0.5) is 0 Å². The van der Waals surface area contributed by atoms with Gasteiger partial charge in [-0.2, -0.15) is 0 Å². The number of hydrogen-bond acceptors (Lipinski definition) is 4. The molecule has 4 nitrogen and oxygen atoms in total. The normalized spacial score (nSPS) is 14.7. The summed E-state index contributed by atoms with van der Waals surface area (Å²) in [7, 11) is 3.45. The van der Waals surface area contributed by atoms with Crippen LogP contribution in [0.25, 0.3) is 0 Å². The Morgan fingerprint density at radius 2 is 1.28 bits per heavy atom. The summed E-state index contributed by atoms with van der Waals surface area (Å²) in [4.78, 5) is 0. The van der Waals surface area contributed by atoms with E-state index in [1.807, 2.05) is 26.0 Å². The Bertz CT molecular complexity index is 804. The molecule has 0 spiro atoms. The highest BCUT2D eigenvalue weighted by molar-refractivity contribution is 5.48. The molecule has 178 valence electrons. The van der Waals surface area contributed by atoms with Crippen LogP contribution in [0.5, 0.6) is 11.5 Å². The van der Waals surface area contributed by atoms with Crippen LogP contribution >= 0.6 is 0 Å². The maximum Gasteiger partial charge on any atom is 0.131 e. The highest BCUT2D eigenvalue weighted by atomic mass is 16.5. The first-order valence-electron chi connectivity index (χ1n) is 11.7. The van der Waals surface area contributed by atoms with Gasteiger partial charge in [0.2, 0.25) is 0 Å². The van der Waals surface area contributed by atoms with Crippen molar-refractivity contribution in [2.24, 2.45) is 0 Å². The summed E-state index contributed by atoms with van der Waals surface area (Å²) >= 11 is 0. The molecule has 0 saturated heterocycles. The molecule has 0 aromatic heterocycles. The molecule has 0 amide bonds. The van der Waals surface area contributed by atoms with E-state index in [1.54, 1.807) is 14.2 Å². The molecule has 0 radical (unpaired) electrons. The zero-order chi connectivity index (χ0) is 23.9. The van der Waals surface area contributed by atoms with Crippen LogP contribution in [0.2, 0.25) is 0 Å². The monoisotopic (exact) mass is 442 g/mol. The van der Waals surface area contributed by atoms with Crippen molar-refractivity contribution in [2.45, 2.75) is 78.4 Å². The van der Waals surface area contributed by atoms with Crippen molar-refractivity contribution in [2.75, 3.05) is 27.4 Å². The lowest BCUT2D eigenvalue weighted by Crippen LogP contribution is -2.17. The predicted octanol–water partition coefficient (Wildman–Crippen LogP) is 7.37. The largest absolute Gasteiger partial charge is 0.490 e. The van der Waals surface area contributed by atoms with Crippen molar-refractivity contribution >= 4 is 0 Å². The summed E-state index contributed by atoms with van der Waals surface area (Å²) in [5.74, 6) is 2.25. The number of methoxy groups -OCH3 is 2. The van der Waals surface area contributed by atoms with Crippen molar-refractivity contribution in [3.63, 3.8) is 0 Å². The molecule has 0 saturated carbocycles. The summed E-state index contributed by atoms with van der Waals surface area (Å²) < 4.78 is 23.6. The Morgan fingerprint density at radius 1 is 0.781 bits per heavy atom. The zero-order valence-corrected chi connectivity index (χ0v) is 21.5. The second kappa shape index (κ2) is 11.7. The lowest BCUT2D eigenvalue weighted by Gasteiger charge is -2.27. The smallest absolute Gasteiger partial charge is 0.131 e. The van der Waals surface area contributed by atoms with Gasteiger partial charge in [0.15, 0.2) is 0 Å². The minimum absolute atomic E-state index is 0.00744. The summed E-state index contributed by atoms with van der Waals surface area (Å²) in [6.45, 7) is 16.1. The van der Waals surface area contributed by atoms with Crippen molar-refractivity contribution in [3.8, 4) is 11.5 Å². The third kappa shape index (κ3) is 6.73. The summed E-state index contributed by atoms with van der Waals surface area (Å²) in [5.41, 5.74) is 4.66. The zero-order valence-electron chi connectivity index (χ0n) is 21.5. The first kappa shape index (κ1) is 26.2. The van der Waals surface area contributed by atoms with E-state index in [9.17, 15) is 0 Å². The molecule has 0 aliphatic heterocycles. The maximum absolute atomic E-state index is 6.30. The van der Waals surface area contributed by atoms with E-state index < -0.39 is 0 Å². The van der Waals surface area contributed by atoms with E-state index in [4.69, 9.17) is 18.9 Å². The van der Waals surface area contributed by atoms with Gasteiger partial charge in [-0.1, -0.05) is 46.8 Å². The van der Waals surface area contributed by atoms with Gasteiger partial charge in [-0.3, -0.25) is 0 Å². The van der Waals surface area contributed by atoms with Crippen LogP contribution in [0, 0.1) is 0 Å². The molecule has 0 heterocycles. The number of rotatable bonds is 11. The van der Waals surface area contributed by atoms with Gasteiger partial charge >= 0.3 is 0 Å². The standard InChI is InChI=1S/C28H42O4/c1-10-19(2)22-11-13-24(14-12-22)31-15-16-32-27-25(20(3)29-8)17-23(28(5,6)7)18-26(27)21(4)30-9/h11-14,17-21H,10,15-16H2,1-9H3. The number of benzene rings is 2. The van der Waals surface area contributed by atoms with Crippen molar-refractivity contribution < 1.29 is 18.9 Å². The third-order valence-corrected chi connectivity index (χ3v) is 6.26. The fraction of sp³-hybridized carbons (Fsp3) is 0.571. The maximum atomic E-state index is 6.30. The van der Waals surface area contributed by atoms with Gasteiger partial charge in [-0.05, 0) is 67.0 Å². The van der Waals surface area contributed by atoms with Gasteiger partial charge in [-0.25, -0.2) is 0 Å². The fourth-order valence-electron chi connectivity index (χ4n) is 3.56. The molecular weight excluding hydrogens is 400 g/mol. The second-order valence-electron chi connectivity index (χ2n) is 9.56. The van der Waals surface area contributed by atoms with Crippen molar-refractivity contribution in [1.29, 1.82) is 0 Å². The van der Waals surface area contributed by atoms with E-state index in [0.29, 0.717) is 19.1 Å². The fourth-order valence-corrected chi connectivity index (χ4v) is 3.56. The quantitative estimate of drug-likeness (QED) is 0.340. The molecular formula is C28H42O4. The van der Waals surface area contributed by atoms with Crippen LogP contribution in [0.1, 0.15) is 95.3 Å². The van der Waals surface area contributed by atoms with Crippen molar-refractivity contribution in [1.82, 2.24) is 0 Å². The topological polar surface area (TPSA) is 36.9 Å². The van der Waals surface area contributed by atoms with E-state index >= 15 is 0 Å². The van der Waals surface area contributed by atoms with Gasteiger partial charge in [0, 0.05) is 25.3 Å². The van der Waals surface area contributed by atoms with E-state index in [-0.39, 0.29) is 17.6 Å². The molecule has 4 heteroatoms. The van der Waals surface area contributed by atoms with Gasteiger partial charge in [0.05, 0.1) is 12.2 Å². The van der Waals surface area contributed by atoms with Gasteiger partial charge in [0.25, 0.3) is 0 Å². The highest BCUT2D eigenvalue weighted by Crippen LogP contribution is 2.39. The minimum Gasteiger partial charge on any atom is -0.490 e. The van der Waals surface area contributed by atoms with Crippen LogP contribution in [-0.2, 0) is 14.9 Å². The van der Waals surface area contributed by atoms with Gasteiger partial charge in [0.1, 0.15) is 24.7 Å². The van der Waals surface area contributed by atoms with Crippen molar-refractivity contribution in [3.05, 3.63) is 58.7 Å². The molecule has 2 aromatic carbocycles. The molecule has 0 N–H and O–H groups in total. The van der Waals surface area contributed by atoms with Crippen LogP contribution in [-0.4, -0.2) is 27.4 Å². The molecule has 0 aliphatic carbocycles. The first-order chi connectivity index (χ1) is 15.1. The van der Waals surface area contributed by atoms with Gasteiger partial charge < -0.3 is 18.9 Å². The average molecular weight is 443 g/mol. The third-order valence-electron chi connectivity index (χ3n) is 6.26. The van der Waals surface area contributed by atoms with Crippen LogP contribution < -0.4 is 9.47 Å². The Kier molecular flexibility index (Phi) is 9.60. The summed E-state index contributed by atoms with van der Waals surface area (Å²) in [5, 5.41) is 0. The Labute approximate surface area is 195 Å². The molecule has 3 unspecified atom stereocenters. The van der Waals surface area contributed by atoms with Crippen LogP contribution in [0.3, 0.4) is 0 Å². The molecule has 32 heavy (non-hydrogen) atoms. The lowest BCUT2D eigenvalue weighted by molar-refractivity contribution is 0.105. The Morgan fingerprint density at radius 3 is 1.72 bits per heavy atom. The second-order valence-corrected chi connectivity index (χ2v) is 9.56. The van der Waals surface area contributed by atoms with E-state index in [2.05, 4.69) is 58.9 Å².